The summed E-state index contributed by atoms with van der Waals surface area (Å²) in [5.74, 6) is 0. The first-order valence-corrected chi connectivity index (χ1v) is 20.8. The molecular formula is C58H33NO. The SMILES string of the molecule is c1ccc2c(c1)-c1cc3oc4ccccc4c3cc1C21c2cc(-c3cc4c5ccccc5c(-c5cccc6ccccc56)cc4c4ccccc34)ccc2-c2ncccc21. The maximum atomic E-state index is 6.51. The average Bonchev–Trinajstić information content (AvgIpc) is 3.93. The Bertz CT molecular complexity index is 3850. The monoisotopic (exact) mass is 759 g/mol. The number of hydrogen-bond acceptors (Lipinski definition) is 2. The van der Waals surface area contributed by atoms with E-state index in [-0.39, 0.29) is 0 Å². The minimum absolute atomic E-state index is 0.555. The number of nitrogens with zero attached hydrogens (tertiary/aromatic N) is 1. The van der Waals surface area contributed by atoms with Gasteiger partial charge in [-0.25, -0.2) is 0 Å². The Morgan fingerprint density at radius 2 is 0.950 bits per heavy atom. The van der Waals surface area contributed by atoms with E-state index in [0.717, 1.165) is 27.6 Å². The summed E-state index contributed by atoms with van der Waals surface area (Å²) >= 11 is 0. The predicted octanol–water partition coefficient (Wildman–Crippen LogP) is 15.3. The first kappa shape index (κ1) is 32.2. The second-order valence-corrected chi connectivity index (χ2v) is 16.5. The van der Waals surface area contributed by atoms with Crippen molar-refractivity contribution in [1.82, 2.24) is 4.98 Å². The molecule has 1 spiro atoms. The van der Waals surface area contributed by atoms with Crippen LogP contribution >= 0.6 is 0 Å². The van der Waals surface area contributed by atoms with Crippen LogP contribution in [0.4, 0.5) is 0 Å². The van der Waals surface area contributed by atoms with Crippen molar-refractivity contribution in [1.29, 1.82) is 0 Å². The maximum Gasteiger partial charge on any atom is 0.136 e. The van der Waals surface area contributed by atoms with Crippen LogP contribution in [0.15, 0.2) is 205 Å². The molecule has 2 heteroatoms. The Kier molecular flexibility index (Phi) is 6.25. The van der Waals surface area contributed by atoms with Crippen LogP contribution in [0.25, 0.3) is 110 Å². The Hall–Kier alpha value is -7.81. The van der Waals surface area contributed by atoms with Crippen LogP contribution in [0.5, 0.6) is 0 Å². The molecule has 60 heavy (non-hydrogen) atoms. The zero-order chi connectivity index (χ0) is 39.1. The Labute approximate surface area is 345 Å². The van der Waals surface area contributed by atoms with Crippen LogP contribution in [0.2, 0.25) is 0 Å². The highest BCUT2D eigenvalue weighted by Gasteiger charge is 2.52. The molecule has 0 saturated heterocycles. The summed E-state index contributed by atoms with van der Waals surface area (Å²) < 4.78 is 6.51. The molecule has 0 fully saturated rings. The molecule has 0 amide bonds. The van der Waals surface area contributed by atoms with Crippen LogP contribution in [0, 0.1) is 0 Å². The van der Waals surface area contributed by atoms with E-state index in [1.807, 2.05) is 6.20 Å². The molecule has 0 saturated carbocycles. The fourth-order valence-corrected chi connectivity index (χ4v) is 11.2. The normalized spacial score (nSPS) is 15.1. The smallest absolute Gasteiger partial charge is 0.136 e. The number of fused-ring (bicyclic) bond motifs is 19. The van der Waals surface area contributed by atoms with Crippen LogP contribution in [0.3, 0.4) is 0 Å². The fourth-order valence-electron chi connectivity index (χ4n) is 11.2. The summed E-state index contributed by atoms with van der Waals surface area (Å²) in [6.45, 7) is 0. The van der Waals surface area contributed by atoms with E-state index in [1.165, 1.54) is 104 Å². The zero-order valence-electron chi connectivity index (χ0n) is 32.4. The fraction of sp³-hybridized carbons (Fsp3) is 0.0172. The van der Waals surface area contributed by atoms with Crippen LogP contribution in [0.1, 0.15) is 22.3 Å². The maximum absolute atomic E-state index is 6.51. The zero-order valence-corrected chi connectivity index (χ0v) is 32.4. The molecule has 14 rings (SSSR count). The van der Waals surface area contributed by atoms with Crippen molar-refractivity contribution in [2.24, 2.45) is 0 Å². The van der Waals surface area contributed by atoms with Gasteiger partial charge in [-0.05, 0) is 141 Å². The quantitative estimate of drug-likeness (QED) is 0.164. The summed E-state index contributed by atoms with van der Waals surface area (Å²) in [6.07, 6.45) is 1.94. The van der Waals surface area contributed by atoms with E-state index < -0.39 is 5.41 Å². The molecular weight excluding hydrogens is 727 g/mol. The molecule has 2 nitrogen and oxygen atoms in total. The Morgan fingerprint density at radius 1 is 0.317 bits per heavy atom. The van der Waals surface area contributed by atoms with Gasteiger partial charge in [-0.2, -0.15) is 0 Å². The molecule has 2 aliphatic carbocycles. The number of benzene rings is 10. The average molecular weight is 760 g/mol. The number of hydrogen-bond donors (Lipinski definition) is 0. The van der Waals surface area contributed by atoms with E-state index in [0.29, 0.717) is 0 Å². The lowest BCUT2D eigenvalue weighted by atomic mass is 9.70. The molecule has 2 heterocycles. The molecule has 1 unspecified atom stereocenters. The van der Waals surface area contributed by atoms with Crippen molar-refractivity contribution in [3.63, 3.8) is 0 Å². The summed E-state index contributed by atoms with van der Waals surface area (Å²) in [7, 11) is 0. The van der Waals surface area contributed by atoms with Gasteiger partial charge in [0.25, 0.3) is 0 Å². The number of aromatic nitrogens is 1. The first-order valence-electron chi connectivity index (χ1n) is 20.8. The minimum Gasteiger partial charge on any atom is -0.456 e. The van der Waals surface area contributed by atoms with E-state index >= 15 is 0 Å². The van der Waals surface area contributed by atoms with Gasteiger partial charge in [-0.1, -0.05) is 152 Å². The van der Waals surface area contributed by atoms with E-state index in [9.17, 15) is 0 Å². The van der Waals surface area contributed by atoms with Crippen molar-refractivity contribution >= 4 is 65.0 Å². The lowest BCUT2D eigenvalue weighted by molar-refractivity contribution is 0.669. The highest BCUT2D eigenvalue weighted by atomic mass is 16.3. The lowest BCUT2D eigenvalue weighted by Gasteiger charge is -2.30. The van der Waals surface area contributed by atoms with Gasteiger partial charge in [0, 0.05) is 22.5 Å². The molecule has 0 N–H and O–H groups in total. The Morgan fingerprint density at radius 3 is 1.80 bits per heavy atom. The van der Waals surface area contributed by atoms with E-state index in [1.54, 1.807) is 0 Å². The topological polar surface area (TPSA) is 26.0 Å². The van der Waals surface area contributed by atoms with Crippen molar-refractivity contribution in [2.75, 3.05) is 0 Å². The van der Waals surface area contributed by atoms with Gasteiger partial charge in [0.1, 0.15) is 11.2 Å². The van der Waals surface area contributed by atoms with E-state index in [2.05, 4.69) is 194 Å². The second kappa shape index (κ2) is 11.7. The van der Waals surface area contributed by atoms with Gasteiger partial charge >= 0.3 is 0 Å². The van der Waals surface area contributed by atoms with Crippen LogP contribution < -0.4 is 0 Å². The molecule has 276 valence electrons. The lowest BCUT2D eigenvalue weighted by Crippen LogP contribution is -2.26. The van der Waals surface area contributed by atoms with Gasteiger partial charge in [0.2, 0.25) is 0 Å². The molecule has 0 bridgehead atoms. The van der Waals surface area contributed by atoms with Crippen LogP contribution in [-0.4, -0.2) is 4.98 Å². The minimum atomic E-state index is -0.555. The number of furan rings is 1. The third kappa shape index (κ3) is 4.05. The van der Waals surface area contributed by atoms with Gasteiger partial charge in [0.15, 0.2) is 0 Å². The van der Waals surface area contributed by atoms with Crippen molar-refractivity contribution in [3.8, 4) is 44.6 Å². The van der Waals surface area contributed by atoms with Crippen molar-refractivity contribution in [2.45, 2.75) is 5.41 Å². The second-order valence-electron chi connectivity index (χ2n) is 16.5. The third-order valence-electron chi connectivity index (χ3n) is 13.7. The molecule has 0 radical (unpaired) electrons. The molecule has 12 aromatic rings. The van der Waals surface area contributed by atoms with Gasteiger partial charge in [0.05, 0.1) is 11.1 Å². The third-order valence-corrected chi connectivity index (χ3v) is 13.7. The van der Waals surface area contributed by atoms with Crippen molar-refractivity contribution in [3.05, 3.63) is 223 Å². The van der Waals surface area contributed by atoms with Gasteiger partial charge in [-0.15, -0.1) is 0 Å². The van der Waals surface area contributed by atoms with Crippen LogP contribution in [-0.2, 0) is 5.41 Å². The summed E-state index contributed by atoms with van der Waals surface area (Å²) in [6, 6.07) is 71.9. The van der Waals surface area contributed by atoms with Crippen molar-refractivity contribution < 1.29 is 4.42 Å². The largest absolute Gasteiger partial charge is 0.456 e. The highest BCUT2D eigenvalue weighted by Crippen LogP contribution is 2.63. The van der Waals surface area contributed by atoms with Gasteiger partial charge < -0.3 is 4.42 Å². The number of para-hydroxylation sites is 1. The number of pyridine rings is 1. The summed E-state index contributed by atoms with van der Waals surface area (Å²) in [4.78, 5) is 5.13. The number of rotatable bonds is 2. The summed E-state index contributed by atoms with van der Waals surface area (Å²) in [5, 5.41) is 12.3. The molecule has 2 aromatic heterocycles. The summed E-state index contributed by atoms with van der Waals surface area (Å²) in [5.41, 5.74) is 16.0. The molecule has 2 aliphatic rings. The first-order chi connectivity index (χ1) is 29.8. The van der Waals surface area contributed by atoms with E-state index in [4.69, 9.17) is 9.40 Å². The Balaban J connectivity index is 1.06. The predicted molar refractivity (Wildman–Crippen MR) is 249 cm³/mol. The molecule has 10 aromatic carbocycles. The molecule has 1 atom stereocenters. The standard InChI is InChI=1S/C58H33NO/c1-2-15-36-34(13-1)14-11-22-37(36)46-31-48-39-17-4-3-16-38(39)45(30-47(48)41-19-6-5-18-40(41)46)35-26-27-44-53(29-35)58(52-24-12-28-59-57(44)52)51-23-9-7-20-42(51)49-33-56-50(32-54(49)58)43-21-8-10-25-55(43)60-56/h1-33H. The highest BCUT2D eigenvalue weighted by molar-refractivity contribution is 6.25. The van der Waals surface area contributed by atoms with Gasteiger partial charge in [-0.3, -0.25) is 4.98 Å². The molecule has 0 aliphatic heterocycles.